The van der Waals surface area contributed by atoms with Crippen molar-refractivity contribution < 1.29 is 9.59 Å². The second-order valence-corrected chi connectivity index (χ2v) is 7.06. The van der Waals surface area contributed by atoms with Gasteiger partial charge in [0, 0.05) is 11.8 Å². The Kier molecular flexibility index (Phi) is 5.91. The molecule has 0 saturated heterocycles. The first kappa shape index (κ1) is 18.6. The Hall–Kier alpha value is -2.69. The molecule has 1 atom stereocenters. The Bertz CT molecular complexity index is 719. The lowest BCUT2D eigenvalue weighted by Crippen LogP contribution is -2.44. The molecule has 0 saturated carbocycles. The molecule has 1 aromatic heterocycles. The molecule has 1 unspecified atom stereocenters. The summed E-state index contributed by atoms with van der Waals surface area (Å²) >= 11 is 0. The van der Waals surface area contributed by atoms with E-state index < -0.39 is 6.04 Å². The van der Waals surface area contributed by atoms with Gasteiger partial charge in [0.1, 0.15) is 6.04 Å². The largest absolute Gasteiger partial charge is 0.349 e. The number of rotatable bonds is 5. The summed E-state index contributed by atoms with van der Waals surface area (Å²) in [5.41, 5.74) is 2.50. The molecular formula is C20H25N3O2. The van der Waals surface area contributed by atoms with E-state index in [2.05, 4.69) is 36.4 Å². The fourth-order valence-electron chi connectivity index (χ4n) is 2.30. The van der Waals surface area contributed by atoms with E-state index in [4.69, 9.17) is 0 Å². The van der Waals surface area contributed by atoms with Crippen molar-refractivity contribution in [1.82, 2.24) is 15.6 Å². The SMILES string of the molecule is CC(NC(=O)c1ccc(C(C)(C)C)cc1)C(=O)NCc1ccccn1. The molecular weight excluding hydrogens is 314 g/mol. The lowest BCUT2D eigenvalue weighted by atomic mass is 9.86. The number of nitrogens with one attached hydrogen (secondary N) is 2. The van der Waals surface area contributed by atoms with Crippen LogP contribution in [0.3, 0.4) is 0 Å². The number of aromatic nitrogens is 1. The highest BCUT2D eigenvalue weighted by molar-refractivity contribution is 5.97. The van der Waals surface area contributed by atoms with Crippen LogP contribution in [-0.4, -0.2) is 22.8 Å². The predicted molar refractivity (Wildman–Crippen MR) is 98.2 cm³/mol. The van der Waals surface area contributed by atoms with Gasteiger partial charge < -0.3 is 10.6 Å². The van der Waals surface area contributed by atoms with Crippen molar-refractivity contribution in [2.45, 2.75) is 45.7 Å². The van der Waals surface area contributed by atoms with Gasteiger partial charge in [0.15, 0.2) is 0 Å². The minimum absolute atomic E-state index is 0.0354. The maximum atomic E-state index is 12.3. The Morgan fingerprint density at radius 2 is 1.76 bits per heavy atom. The predicted octanol–water partition coefficient (Wildman–Crippen LogP) is 2.81. The quantitative estimate of drug-likeness (QED) is 0.880. The number of pyridine rings is 1. The molecule has 1 heterocycles. The molecule has 0 spiro atoms. The zero-order chi connectivity index (χ0) is 18.4. The molecule has 2 aromatic rings. The molecule has 2 rings (SSSR count). The van der Waals surface area contributed by atoms with Crippen molar-refractivity contribution in [2.75, 3.05) is 0 Å². The minimum Gasteiger partial charge on any atom is -0.349 e. The maximum absolute atomic E-state index is 12.3. The van der Waals surface area contributed by atoms with E-state index in [9.17, 15) is 9.59 Å². The zero-order valence-electron chi connectivity index (χ0n) is 15.2. The summed E-state index contributed by atoms with van der Waals surface area (Å²) < 4.78 is 0. The Balaban J connectivity index is 1.89. The van der Waals surface area contributed by atoms with Crippen LogP contribution in [0.1, 0.15) is 49.3 Å². The van der Waals surface area contributed by atoms with Gasteiger partial charge in [0.2, 0.25) is 5.91 Å². The molecule has 2 N–H and O–H groups in total. The molecule has 0 fully saturated rings. The van der Waals surface area contributed by atoms with Crippen molar-refractivity contribution in [3.63, 3.8) is 0 Å². The zero-order valence-corrected chi connectivity index (χ0v) is 15.2. The summed E-state index contributed by atoms with van der Waals surface area (Å²) in [5.74, 6) is -0.508. The standard InChI is InChI=1S/C20H25N3O2/c1-14(18(24)22-13-17-7-5-6-12-21-17)23-19(25)15-8-10-16(11-9-15)20(2,3)4/h5-12,14H,13H2,1-4H3,(H,22,24)(H,23,25). The van der Waals surface area contributed by atoms with E-state index in [0.717, 1.165) is 11.3 Å². The minimum atomic E-state index is -0.626. The summed E-state index contributed by atoms with van der Waals surface area (Å²) in [7, 11) is 0. The molecule has 5 heteroatoms. The second kappa shape index (κ2) is 7.92. The van der Waals surface area contributed by atoms with Gasteiger partial charge in [-0.05, 0) is 42.2 Å². The molecule has 132 valence electrons. The Morgan fingerprint density at radius 1 is 1.08 bits per heavy atom. The van der Waals surface area contributed by atoms with Gasteiger partial charge in [0.05, 0.1) is 12.2 Å². The number of benzene rings is 1. The van der Waals surface area contributed by atoms with Crippen LogP contribution in [0.25, 0.3) is 0 Å². The van der Waals surface area contributed by atoms with E-state index in [1.807, 2.05) is 30.3 Å². The highest BCUT2D eigenvalue weighted by Crippen LogP contribution is 2.22. The first-order chi connectivity index (χ1) is 11.8. The van der Waals surface area contributed by atoms with Crippen LogP contribution in [0.5, 0.6) is 0 Å². The molecule has 2 amide bonds. The first-order valence-corrected chi connectivity index (χ1v) is 8.36. The monoisotopic (exact) mass is 339 g/mol. The van der Waals surface area contributed by atoms with Gasteiger partial charge in [-0.25, -0.2) is 0 Å². The summed E-state index contributed by atoms with van der Waals surface area (Å²) in [6, 6.07) is 12.4. The van der Waals surface area contributed by atoms with Crippen LogP contribution < -0.4 is 10.6 Å². The molecule has 1 aromatic carbocycles. The van der Waals surface area contributed by atoms with Crippen molar-refractivity contribution in [3.8, 4) is 0 Å². The summed E-state index contributed by atoms with van der Waals surface area (Å²) in [6.07, 6.45) is 1.67. The molecule has 0 aliphatic heterocycles. The lowest BCUT2D eigenvalue weighted by Gasteiger charge is -2.19. The van der Waals surface area contributed by atoms with Gasteiger partial charge in [-0.3, -0.25) is 14.6 Å². The molecule has 0 bridgehead atoms. The van der Waals surface area contributed by atoms with Crippen LogP contribution in [-0.2, 0) is 16.8 Å². The van der Waals surface area contributed by atoms with E-state index in [1.165, 1.54) is 0 Å². The second-order valence-electron chi connectivity index (χ2n) is 7.06. The number of carbonyl (C=O) groups is 2. The van der Waals surface area contributed by atoms with Crippen LogP contribution in [0.2, 0.25) is 0 Å². The van der Waals surface area contributed by atoms with E-state index in [-0.39, 0.29) is 17.2 Å². The van der Waals surface area contributed by atoms with Crippen LogP contribution in [0, 0.1) is 0 Å². The topological polar surface area (TPSA) is 71.1 Å². The van der Waals surface area contributed by atoms with Gasteiger partial charge in [-0.1, -0.05) is 39.0 Å². The van der Waals surface area contributed by atoms with Crippen molar-refractivity contribution in [2.24, 2.45) is 0 Å². The average molecular weight is 339 g/mol. The van der Waals surface area contributed by atoms with E-state index >= 15 is 0 Å². The average Bonchev–Trinajstić information content (AvgIpc) is 2.59. The molecule has 0 aliphatic carbocycles. The third kappa shape index (κ3) is 5.41. The van der Waals surface area contributed by atoms with Crippen LogP contribution >= 0.6 is 0 Å². The fourth-order valence-corrected chi connectivity index (χ4v) is 2.30. The van der Waals surface area contributed by atoms with Gasteiger partial charge in [-0.2, -0.15) is 0 Å². The van der Waals surface area contributed by atoms with Gasteiger partial charge >= 0.3 is 0 Å². The summed E-state index contributed by atoms with van der Waals surface area (Å²) in [6.45, 7) is 8.36. The first-order valence-electron chi connectivity index (χ1n) is 8.36. The van der Waals surface area contributed by atoms with Crippen molar-refractivity contribution >= 4 is 11.8 Å². The molecule has 5 nitrogen and oxygen atoms in total. The maximum Gasteiger partial charge on any atom is 0.251 e. The van der Waals surface area contributed by atoms with Crippen molar-refractivity contribution in [3.05, 3.63) is 65.5 Å². The number of nitrogens with zero attached hydrogens (tertiary/aromatic N) is 1. The smallest absolute Gasteiger partial charge is 0.251 e. The number of carbonyl (C=O) groups excluding carboxylic acids is 2. The molecule has 0 aliphatic rings. The van der Waals surface area contributed by atoms with Gasteiger partial charge in [0.25, 0.3) is 5.91 Å². The number of amides is 2. The van der Waals surface area contributed by atoms with Crippen LogP contribution in [0.15, 0.2) is 48.7 Å². The van der Waals surface area contributed by atoms with E-state index in [0.29, 0.717) is 12.1 Å². The third-order valence-electron chi connectivity index (χ3n) is 3.92. The Morgan fingerprint density at radius 3 is 2.32 bits per heavy atom. The van der Waals surface area contributed by atoms with Gasteiger partial charge in [-0.15, -0.1) is 0 Å². The number of hydrogen-bond acceptors (Lipinski definition) is 3. The van der Waals surface area contributed by atoms with Crippen molar-refractivity contribution in [1.29, 1.82) is 0 Å². The third-order valence-corrected chi connectivity index (χ3v) is 3.92. The highest BCUT2D eigenvalue weighted by atomic mass is 16.2. The Labute approximate surface area is 148 Å². The highest BCUT2D eigenvalue weighted by Gasteiger charge is 2.18. The normalized spacial score (nSPS) is 12.3. The summed E-state index contributed by atoms with van der Waals surface area (Å²) in [5, 5.41) is 5.49. The number of hydrogen-bond donors (Lipinski definition) is 2. The molecule has 0 radical (unpaired) electrons. The summed E-state index contributed by atoms with van der Waals surface area (Å²) in [4.78, 5) is 28.6. The fraction of sp³-hybridized carbons (Fsp3) is 0.350. The van der Waals surface area contributed by atoms with Crippen LogP contribution in [0.4, 0.5) is 0 Å². The molecule has 25 heavy (non-hydrogen) atoms. The lowest BCUT2D eigenvalue weighted by molar-refractivity contribution is -0.122. The van der Waals surface area contributed by atoms with E-state index in [1.54, 1.807) is 25.3 Å².